The summed E-state index contributed by atoms with van der Waals surface area (Å²) < 4.78 is 0. The van der Waals surface area contributed by atoms with E-state index in [2.05, 4.69) is 0 Å². The van der Waals surface area contributed by atoms with Gasteiger partial charge in [0.15, 0.2) is 5.60 Å². The van der Waals surface area contributed by atoms with E-state index >= 15 is 0 Å². The first-order valence-electron chi connectivity index (χ1n) is 5.56. The molecule has 0 aliphatic rings. The molecule has 0 saturated heterocycles. The highest BCUT2D eigenvalue weighted by Gasteiger charge is 2.50. The second-order valence-electron chi connectivity index (χ2n) is 5.65. The third-order valence-electron chi connectivity index (χ3n) is 2.56. The number of carboxylic acid groups (broad SMARTS) is 1. The predicted molar refractivity (Wildman–Crippen MR) is 61.8 cm³/mol. The highest BCUT2D eigenvalue weighted by Crippen LogP contribution is 2.31. The molecule has 0 radical (unpaired) electrons. The van der Waals surface area contributed by atoms with Crippen LogP contribution in [-0.2, 0) is 4.79 Å². The molecule has 0 aromatic rings. The Morgan fingerprint density at radius 2 is 1.61 bits per heavy atom. The van der Waals surface area contributed by atoms with Crippen molar-refractivity contribution in [1.29, 1.82) is 0 Å². The van der Waals surface area contributed by atoms with E-state index in [1.807, 2.05) is 0 Å². The molecule has 0 fully saturated rings. The van der Waals surface area contributed by atoms with Gasteiger partial charge in [-0.1, -0.05) is 20.8 Å². The molecular weight excluding hydrogens is 244 g/mol. The first-order chi connectivity index (χ1) is 7.95. The van der Waals surface area contributed by atoms with Gasteiger partial charge in [0.2, 0.25) is 0 Å². The smallest absolute Gasteiger partial charge is 0.338 e. The van der Waals surface area contributed by atoms with Crippen molar-refractivity contribution < 1.29 is 35.4 Å². The first-order valence-corrected chi connectivity index (χ1v) is 5.56. The van der Waals surface area contributed by atoms with E-state index in [4.69, 9.17) is 10.2 Å². The predicted octanol–water partition coefficient (Wildman–Crippen LogP) is -1.69. The summed E-state index contributed by atoms with van der Waals surface area (Å²) in [6.07, 6.45) is -6.13. The zero-order valence-electron chi connectivity index (χ0n) is 10.7. The Bertz CT molecular complexity index is 286. The third-order valence-corrected chi connectivity index (χ3v) is 2.56. The van der Waals surface area contributed by atoms with Gasteiger partial charge in [-0.2, -0.15) is 0 Å². The fourth-order valence-corrected chi connectivity index (χ4v) is 1.72. The Labute approximate surface area is 105 Å². The highest BCUT2D eigenvalue weighted by atomic mass is 16.4. The van der Waals surface area contributed by atoms with Crippen LogP contribution in [0, 0.1) is 5.41 Å². The fraction of sp³-hybridized carbons (Fsp3) is 0.909. The summed E-state index contributed by atoms with van der Waals surface area (Å²) in [7, 11) is 0. The monoisotopic (exact) mass is 266 g/mol. The molecule has 0 unspecified atom stereocenters. The Morgan fingerprint density at radius 3 is 1.89 bits per heavy atom. The Kier molecular flexibility index (Phi) is 5.70. The summed E-state index contributed by atoms with van der Waals surface area (Å²) in [5.74, 6) is -1.70. The Balaban J connectivity index is 5.17. The largest absolute Gasteiger partial charge is 0.479 e. The first kappa shape index (κ1) is 17.3. The van der Waals surface area contributed by atoms with E-state index in [1.54, 1.807) is 20.8 Å². The molecule has 0 aromatic carbocycles. The van der Waals surface area contributed by atoms with Crippen molar-refractivity contribution in [2.45, 2.75) is 51.1 Å². The molecule has 0 saturated carbocycles. The molecule has 0 aliphatic heterocycles. The van der Waals surface area contributed by atoms with E-state index in [1.165, 1.54) is 0 Å². The molecule has 0 rings (SSSR count). The maximum absolute atomic E-state index is 11.1. The lowest BCUT2D eigenvalue weighted by Crippen LogP contribution is -2.59. The van der Waals surface area contributed by atoms with Gasteiger partial charge in [-0.15, -0.1) is 0 Å². The van der Waals surface area contributed by atoms with Crippen LogP contribution < -0.4 is 0 Å². The molecule has 108 valence electrons. The van der Waals surface area contributed by atoms with Crippen LogP contribution in [0.4, 0.5) is 0 Å². The van der Waals surface area contributed by atoms with Gasteiger partial charge in [-0.05, 0) is 11.8 Å². The fourth-order valence-electron chi connectivity index (χ4n) is 1.72. The number of aliphatic hydroxyl groups excluding tert-OH is 4. The van der Waals surface area contributed by atoms with E-state index < -0.39 is 41.9 Å². The van der Waals surface area contributed by atoms with Crippen molar-refractivity contribution in [3.05, 3.63) is 0 Å². The number of aliphatic carboxylic acids is 1. The van der Waals surface area contributed by atoms with Gasteiger partial charge in [0, 0.05) is 0 Å². The molecule has 0 aliphatic carbocycles. The van der Waals surface area contributed by atoms with Crippen LogP contribution in [0.1, 0.15) is 27.2 Å². The molecule has 18 heavy (non-hydrogen) atoms. The number of hydrogen-bond acceptors (Lipinski definition) is 6. The maximum atomic E-state index is 11.1. The van der Waals surface area contributed by atoms with Gasteiger partial charge in [0.05, 0.1) is 6.61 Å². The second kappa shape index (κ2) is 5.94. The van der Waals surface area contributed by atoms with Gasteiger partial charge in [0.1, 0.15) is 18.3 Å². The number of rotatable bonds is 6. The molecule has 7 nitrogen and oxygen atoms in total. The number of carbonyl (C=O) groups is 1. The topological polar surface area (TPSA) is 138 Å². The molecule has 6 N–H and O–H groups in total. The quantitative estimate of drug-likeness (QED) is 0.337. The average Bonchev–Trinajstić information content (AvgIpc) is 2.23. The third kappa shape index (κ3) is 4.18. The van der Waals surface area contributed by atoms with Crippen molar-refractivity contribution in [2.24, 2.45) is 5.41 Å². The maximum Gasteiger partial charge on any atom is 0.338 e. The summed E-state index contributed by atoms with van der Waals surface area (Å²) >= 11 is 0. The minimum atomic E-state index is -2.60. The SMILES string of the molecule is CC(C)(C)C[C@](O)(C(=O)O)[C@@H](O)[C@H](O)[C@H](O)CO. The van der Waals surface area contributed by atoms with Crippen molar-refractivity contribution in [2.75, 3.05) is 6.61 Å². The Morgan fingerprint density at radius 1 is 1.17 bits per heavy atom. The second-order valence-corrected chi connectivity index (χ2v) is 5.65. The van der Waals surface area contributed by atoms with Crippen molar-refractivity contribution in [1.82, 2.24) is 0 Å². The zero-order valence-corrected chi connectivity index (χ0v) is 10.7. The van der Waals surface area contributed by atoms with Crippen LogP contribution in [0.5, 0.6) is 0 Å². The summed E-state index contributed by atoms with van der Waals surface area (Å²) in [5.41, 5.74) is -3.23. The van der Waals surface area contributed by atoms with Crippen LogP contribution in [0.3, 0.4) is 0 Å². The summed E-state index contributed by atoms with van der Waals surface area (Å²) in [4.78, 5) is 11.1. The van der Waals surface area contributed by atoms with Crippen LogP contribution in [0.15, 0.2) is 0 Å². The van der Waals surface area contributed by atoms with E-state index in [9.17, 15) is 25.2 Å². The van der Waals surface area contributed by atoms with Crippen LogP contribution in [0.25, 0.3) is 0 Å². The summed E-state index contributed by atoms with van der Waals surface area (Å²) in [5, 5.41) is 56.0. The van der Waals surface area contributed by atoms with Crippen molar-refractivity contribution >= 4 is 5.97 Å². The number of carboxylic acids is 1. The molecule has 7 heteroatoms. The van der Waals surface area contributed by atoms with E-state index in [0.29, 0.717) is 0 Å². The lowest BCUT2D eigenvalue weighted by Gasteiger charge is -2.37. The molecule has 0 spiro atoms. The molecule has 0 bridgehead atoms. The number of aliphatic hydroxyl groups is 5. The minimum Gasteiger partial charge on any atom is -0.479 e. The molecular formula is C11H22O7. The highest BCUT2D eigenvalue weighted by molar-refractivity contribution is 5.78. The lowest BCUT2D eigenvalue weighted by molar-refractivity contribution is -0.197. The normalized spacial score (nSPS) is 20.9. The van der Waals surface area contributed by atoms with Gasteiger partial charge >= 0.3 is 5.97 Å². The Hall–Kier alpha value is -0.730. The van der Waals surface area contributed by atoms with Crippen molar-refractivity contribution in [3.8, 4) is 0 Å². The van der Waals surface area contributed by atoms with Crippen LogP contribution >= 0.6 is 0 Å². The molecule has 0 aromatic heterocycles. The molecule has 0 heterocycles. The molecule has 0 amide bonds. The summed E-state index contributed by atoms with van der Waals surface area (Å²) in [6.45, 7) is 4.11. The van der Waals surface area contributed by atoms with Gasteiger partial charge in [0.25, 0.3) is 0 Å². The zero-order chi connectivity index (χ0) is 14.7. The van der Waals surface area contributed by atoms with Gasteiger partial charge in [-0.25, -0.2) is 4.79 Å². The van der Waals surface area contributed by atoms with Crippen LogP contribution in [0.2, 0.25) is 0 Å². The standard InChI is InChI=1S/C11H22O7/c1-10(2,3)5-11(18,9(16)17)8(15)7(14)6(13)4-12/h6-8,12-15,18H,4-5H2,1-3H3,(H,16,17)/t6-,7-,8+,11-/m1/s1. The lowest BCUT2D eigenvalue weighted by atomic mass is 9.77. The van der Waals surface area contributed by atoms with Crippen LogP contribution in [-0.4, -0.2) is 67.1 Å². The van der Waals surface area contributed by atoms with E-state index in [0.717, 1.165) is 0 Å². The van der Waals surface area contributed by atoms with E-state index in [-0.39, 0.29) is 6.42 Å². The van der Waals surface area contributed by atoms with Gasteiger partial charge in [-0.3, -0.25) is 0 Å². The molecule has 4 atom stereocenters. The number of hydrogen-bond donors (Lipinski definition) is 6. The minimum absolute atomic E-state index is 0.328. The van der Waals surface area contributed by atoms with Gasteiger partial charge < -0.3 is 30.6 Å². The summed E-state index contributed by atoms with van der Waals surface area (Å²) in [6, 6.07) is 0. The van der Waals surface area contributed by atoms with Crippen molar-refractivity contribution in [3.63, 3.8) is 0 Å². The average molecular weight is 266 g/mol.